The Morgan fingerprint density at radius 2 is 1.75 bits per heavy atom. The summed E-state index contributed by atoms with van der Waals surface area (Å²) in [7, 11) is 1.57. The predicted octanol–water partition coefficient (Wildman–Crippen LogP) is 5.31. The van der Waals surface area contributed by atoms with Crippen LogP contribution in [0, 0.1) is 6.92 Å². The van der Waals surface area contributed by atoms with Gasteiger partial charge in [0, 0.05) is 16.8 Å². The zero-order chi connectivity index (χ0) is 19.7. The largest absolute Gasteiger partial charge is 0.495 e. The summed E-state index contributed by atoms with van der Waals surface area (Å²) in [6.45, 7) is 3.71. The molecule has 0 saturated heterocycles. The van der Waals surface area contributed by atoms with Crippen LogP contribution in [0.2, 0.25) is 0 Å². The number of aryl methyl sites for hydroxylation is 1. The second kappa shape index (κ2) is 7.27. The highest BCUT2D eigenvalue weighted by Crippen LogP contribution is 2.36. The number of benzene rings is 3. The quantitative estimate of drug-likeness (QED) is 0.514. The minimum Gasteiger partial charge on any atom is -0.495 e. The normalized spacial score (nSPS) is 12.1. The van der Waals surface area contributed by atoms with Gasteiger partial charge in [-0.25, -0.2) is 0 Å². The molecule has 142 valence electrons. The molecule has 1 aromatic heterocycles. The molecule has 1 atom stereocenters. The molecule has 0 saturated carbocycles. The van der Waals surface area contributed by atoms with Crippen molar-refractivity contribution in [3.05, 3.63) is 66.2 Å². The van der Waals surface area contributed by atoms with Crippen molar-refractivity contribution in [2.45, 2.75) is 20.0 Å². The van der Waals surface area contributed by atoms with E-state index in [0.717, 1.165) is 21.9 Å². The fraction of sp³-hybridized carbons (Fsp3) is 0.174. The number of ether oxygens (including phenoxy) is 2. The van der Waals surface area contributed by atoms with Crippen LogP contribution in [0.1, 0.15) is 12.5 Å². The summed E-state index contributed by atoms with van der Waals surface area (Å²) in [4.78, 5) is 12.6. The summed E-state index contributed by atoms with van der Waals surface area (Å²) in [5.74, 6) is 0.942. The zero-order valence-corrected chi connectivity index (χ0v) is 16.0. The molecule has 1 amide bonds. The van der Waals surface area contributed by atoms with Gasteiger partial charge in [0.15, 0.2) is 6.10 Å². The fourth-order valence-corrected chi connectivity index (χ4v) is 3.13. The Bertz CT molecular complexity index is 1140. The molecule has 4 rings (SSSR count). The van der Waals surface area contributed by atoms with Crippen molar-refractivity contribution in [3.63, 3.8) is 0 Å². The van der Waals surface area contributed by atoms with Crippen LogP contribution >= 0.6 is 0 Å². The van der Waals surface area contributed by atoms with Crippen LogP contribution in [-0.2, 0) is 4.79 Å². The second-order valence-electron chi connectivity index (χ2n) is 6.71. The SMILES string of the molecule is COc1cc2c(cc1NC(=O)[C@H](C)Oc1ccc(C)cc1)oc1ccccc12. The predicted molar refractivity (Wildman–Crippen MR) is 110 cm³/mol. The standard InChI is InChI=1S/C23H21NO4/c1-14-8-10-16(11-9-14)27-15(2)23(25)24-19-13-21-18(12-22(19)26-3)17-6-4-5-7-20(17)28-21/h4-13,15H,1-3H3,(H,24,25)/t15-/m0/s1. The van der Waals surface area contributed by atoms with Crippen molar-refractivity contribution in [3.8, 4) is 11.5 Å². The molecule has 28 heavy (non-hydrogen) atoms. The zero-order valence-electron chi connectivity index (χ0n) is 16.0. The average molecular weight is 375 g/mol. The van der Waals surface area contributed by atoms with Crippen molar-refractivity contribution >= 4 is 33.5 Å². The van der Waals surface area contributed by atoms with Gasteiger partial charge < -0.3 is 19.2 Å². The van der Waals surface area contributed by atoms with Crippen molar-refractivity contribution in [1.82, 2.24) is 0 Å². The highest BCUT2D eigenvalue weighted by Gasteiger charge is 2.19. The van der Waals surface area contributed by atoms with E-state index in [9.17, 15) is 4.79 Å². The Morgan fingerprint density at radius 1 is 1.00 bits per heavy atom. The van der Waals surface area contributed by atoms with Crippen LogP contribution in [0.3, 0.4) is 0 Å². The Morgan fingerprint density at radius 3 is 2.50 bits per heavy atom. The molecule has 0 fully saturated rings. The maximum atomic E-state index is 12.6. The van der Waals surface area contributed by atoms with Crippen molar-refractivity contribution in [1.29, 1.82) is 0 Å². The molecular weight excluding hydrogens is 354 g/mol. The number of hydrogen-bond acceptors (Lipinski definition) is 4. The first-order chi connectivity index (χ1) is 13.5. The molecule has 0 unspecified atom stereocenters. The number of nitrogens with one attached hydrogen (secondary N) is 1. The van der Waals surface area contributed by atoms with E-state index < -0.39 is 6.10 Å². The van der Waals surface area contributed by atoms with Gasteiger partial charge in [-0.1, -0.05) is 35.9 Å². The number of rotatable bonds is 5. The molecule has 1 N–H and O–H groups in total. The van der Waals surface area contributed by atoms with Gasteiger partial charge in [-0.2, -0.15) is 0 Å². The molecule has 0 radical (unpaired) electrons. The number of amides is 1. The summed E-state index contributed by atoms with van der Waals surface area (Å²) < 4.78 is 17.1. The summed E-state index contributed by atoms with van der Waals surface area (Å²) in [6, 6.07) is 19.0. The maximum absolute atomic E-state index is 12.6. The number of anilines is 1. The average Bonchev–Trinajstić information content (AvgIpc) is 3.06. The molecule has 0 aliphatic heterocycles. The lowest BCUT2D eigenvalue weighted by atomic mass is 10.1. The van der Waals surface area contributed by atoms with Crippen LogP contribution < -0.4 is 14.8 Å². The third-order valence-electron chi connectivity index (χ3n) is 4.66. The number of carbonyl (C=O) groups excluding carboxylic acids is 1. The van der Waals surface area contributed by atoms with Crippen molar-refractivity contribution < 1.29 is 18.7 Å². The monoisotopic (exact) mass is 375 g/mol. The molecule has 0 aliphatic carbocycles. The van der Waals surface area contributed by atoms with E-state index in [2.05, 4.69) is 5.32 Å². The van der Waals surface area contributed by atoms with Gasteiger partial charge in [0.05, 0.1) is 12.8 Å². The number of furan rings is 1. The molecule has 1 heterocycles. The number of methoxy groups -OCH3 is 1. The number of carbonyl (C=O) groups is 1. The van der Waals surface area contributed by atoms with E-state index in [-0.39, 0.29) is 5.91 Å². The lowest BCUT2D eigenvalue weighted by Crippen LogP contribution is -2.30. The van der Waals surface area contributed by atoms with Gasteiger partial charge in [0.1, 0.15) is 22.7 Å². The van der Waals surface area contributed by atoms with Gasteiger partial charge in [0.2, 0.25) is 0 Å². The van der Waals surface area contributed by atoms with E-state index in [1.807, 2.05) is 61.5 Å². The first kappa shape index (κ1) is 17.9. The minimum absolute atomic E-state index is 0.269. The van der Waals surface area contributed by atoms with Crippen LogP contribution in [0.4, 0.5) is 5.69 Å². The molecular formula is C23H21NO4. The second-order valence-corrected chi connectivity index (χ2v) is 6.71. The van der Waals surface area contributed by atoms with Gasteiger partial charge in [-0.15, -0.1) is 0 Å². The lowest BCUT2D eigenvalue weighted by Gasteiger charge is -2.16. The molecule has 4 aromatic rings. The molecule has 0 bridgehead atoms. The van der Waals surface area contributed by atoms with E-state index in [1.165, 1.54) is 0 Å². The first-order valence-corrected chi connectivity index (χ1v) is 9.08. The maximum Gasteiger partial charge on any atom is 0.265 e. The van der Waals surface area contributed by atoms with E-state index in [0.29, 0.717) is 22.8 Å². The van der Waals surface area contributed by atoms with Crippen molar-refractivity contribution in [2.75, 3.05) is 12.4 Å². The lowest BCUT2D eigenvalue weighted by molar-refractivity contribution is -0.122. The van der Waals surface area contributed by atoms with Crippen LogP contribution in [0.15, 0.2) is 65.1 Å². The third-order valence-corrected chi connectivity index (χ3v) is 4.66. The fourth-order valence-electron chi connectivity index (χ4n) is 3.13. The highest BCUT2D eigenvalue weighted by molar-refractivity contribution is 6.08. The smallest absolute Gasteiger partial charge is 0.265 e. The van der Waals surface area contributed by atoms with Gasteiger partial charge >= 0.3 is 0 Å². The summed E-state index contributed by atoms with van der Waals surface area (Å²) in [5.41, 5.74) is 3.15. The molecule has 5 heteroatoms. The summed E-state index contributed by atoms with van der Waals surface area (Å²) in [6.07, 6.45) is -0.668. The highest BCUT2D eigenvalue weighted by atomic mass is 16.5. The Hall–Kier alpha value is -3.47. The van der Waals surface area contributed by atoms with Gasteiger partial charge in [-0.05, 0) is 38.1 Å². The Kier molecular flexibility index (Phi) is 4.65. The molecule has 3 aromatic carbocycles. The topological polar surface area (TPSA) is 60.7 Å². The van der Waals surface area contributed by atoms with Crippen LogP contribution in [0.5, 0.6) is 11.5 Å². The van der Waals surface area contributed by atoms with E-state index in [1.54, 1.807) is 20.1 Å². The number of hydrogen-bond donors (Lipinski definition) is 1. The molecule has 0 spiro atoms. The molecule has 5 nitrogen and oxygen atoms in total. The van der Waals surface area contributed by atoms with Crippen LogP contribution in [0.25, 0.3) is 21.9 Å². The van der Waals surface area contributed by atoms with E-state index >= 15 is 0 Å². The van der Waals surface area contributed by atoms with Gasteiger partial charge in [0.25, 0.3) is 5.91 Å². The first-order valence-electron chi connectivity index (χ1n) is 9.08. The third kappa shape index (κ3) is 3.39. The minimum atomic E-state index is -0.668. The molecule has 0 aliphatic rings. The van der Waals surface area contributed by atoms with Crippen molar-refractivity contribution in [2.24, 2.45) is 0 Å². The number of fused-ring (bicyclic) bond motifs is 3. The van der Waals surface area contributed by atoms with E-state index in [4.69, 9.17) is 13.9 Å². The summed E-state index contributed by atoms with van der Waals surface area (Å²) >= 11 is 0. The number of para-hydroxylation sites is 1. The Labute approximate surface area is 162 Å². The summed E-state index contributed by atoms with van der Waals surface area (Å²) in [5, 5.41) is 4.82. The Balaban J connectivity index is 1.59. The van der Waals surface area contributed by atoms with Gasteiger partial charge in [-0.3, -0.25) is 4.79 Å². The van der Waals surface area contributed by atoms with Crippen LogP contribution in [-0.4, -0.2) is 19.1 Å².